The summed E-state index contributed by atoms with van der Waals surface area (Å²) >= 11 is 1.24. The van der Waals surface area contributed by atoms with Gasteiger partial charge in [-0.1, -0.05) is 25.1 Å². The Bertz CT molecular complexity index is 1010. The number of hydrogen-bond acceptors (Lipinski definition) is 4. The highest BCUT2D eigenvalue weighted by molar-refractivity contribution is 8.25. The summed E-state index contributed by atoms with van der Waals surface area (Å²) in [4.78, 5) is 16.4. The van der Waals surface area contributed by atoms with E-state index in [-0.39, 0.29) is 11.4 Å². The molecule has 6 nitrogen and oxygen atoms in total. The lowest BCUT2D eigenvalue weighted by Gasteiger charge is -2.21. The van der Waals surface area contributed by atoms with Crippen molar-refractivity contribution >= 4 is 40.3 Å². The molecule has 1 aromatic heterocycles. The molecule has 0 saturated heterocycles. The smallest absolute Gasteiger partial charge is 0.283 e. The maximum atomic E-state index is 12.4. The highest BCUT2D eigenvalue weighted by Gasteiger charge is 2.32. The molecule has 3 heterocycles. The fourth-order valence-corrected chi connectivity index (χ4v) is 3.76. The molecule has 2 aliphatic heterocycles. The van der Waals surface area contributed by atoms with Gasteiger partial charge in [0.05, 0.1) is 16.8 Å². The molecular formula is C19H17N5OS. The SMILES string of the molecule is CCc1cccc(C)c1-n1cccc1/C=C1/C(=N)N2N=CSC2=NC1=O. The number of carbonyl (C=O) groups is 1. The normalized spacial score (nSPS) is 17.8. The van der Waals surface area contributed by atoms with Gasteiger partial charge in [0.25, 0.3) is 5.91 Å². The number of hydrazone groups is 1. The second kappa shape index (κ2) is 6.42. The Morgan fingerprint density at radius 3 is 2.92 bits per heavy atom. The van der Waals surface area contributed by atoms with Gasteiger partial charge in [0, 0.05) is 11.9 Å². The van der Waals surface area contributed by atoms with Gasteiger partial charge >= 0.3 is 0 Å². The Kier molecular flexibility index (Phi) is 4.08. The highest BCUT2D eigenvalue weighted by atomic mass is 32.2. The molecular weight excluding hydrogens is 346 g/mol. The van der Waals surface area contributed by atoms with Crippen molar-refractivity contribution in [3.63, 3.8) is 0 Å². The van der Waals surface area contributed by atoms with E-state index >= 15 is 0 Å². The fourth-order valence-electron chi connectivity index (χ4n) is 3.15. The number of thioether (sulfide) groups is 1. The van der Waals surface area contributed by atoms with Gasteiger partial charge in [-0.25, -0.2) is 0 Å². The van der Waals surface area contributed by atoms with Gasteiger partial charge in [-0.3, -0.25) is 10.2 Å². The van der Waals surface area contributed by atoms with Crippen molar-refractivity contribution in [1.29, 1.82) is 5.41 Å². The molecule has 0 bridgehead atoms. The number of nitrogens with one attached hydrogen (secondary N) is 1. The maximum Gasteiger partial charge on any atom is 0.283 e. The average molecular weight is 363 g/mol. The number of rotatable bonds is 3. The second-order valence-corrected chi connectivity index (χ2v) is 6.81. The third-order valence-corrected chi connectivity index (χ3v) is 5.09. The van der Waals surface area contributed by atoms with Crippen LogP contribution < -0.4 is 0 Å². The summed E-state index contributed by atoms with van der Waals surface area (Å²) < 4.78 is 2.06. The summed E-state index contributed by atoms with van der Waals surface area (Å²) in [5.74, 6) is -0.359. The predicted molar refractivity (Wildman–Crippen MR) is 106 cm³/mol. The summed E-state index contributed by atoms with van der Waals surface area (Å²) in [5.41, 5.74) is 6.14. The lowest BCUT2D eigenvalue weighted by Crippen LogP contribution is -2.35. The van der Waals surface area contributed by atoms with E-state index in [4.69, 9.17) is 5.41 Å². The molecule has 0 unspecified atom stereocenters. The molecule has 4 rings (SSSR count). The number of aromatic nitrogens is 1. The molecule has 130 valence electrons. The van der Waals surface area contributed by atoms with Crippen LogP contribution in [0.15, 0.2) is 52.2 Å². The summed E-state index contributed by atoms with van der Waals surface area (Å²) in [6.07, 6.45) is 4.60. The number of aryl methyl sites for hydroxylation is 2. The first-order valence-electron chi connectivity index (χ1n) is 8.29. The second-order valence-electron chi connectivity index (χ2n) is 6.00. The van der Waals surface area contributed by atoms with E-state index in [1.165, 1.54) is 22.3 Å². The van der Waals surface area contributed by atoms with Crippen molar-refractivity contribution < 1.29 is 4.79 Å². The van der Waals surface area contributed by atoms with Gasteiger partial charge in [-0.15, -0.1) is 0 Å². The molecule has 2 aliphatic rings. The van der Waals surface area contributed by atoms with Gasteiger partial charge in [-0.05, 0) is 54.4 Å². The van der Waals surface area contributed by atoms with Crippen molar-refractivity contribution in [2.45, 2.75) is 20.3 Å². The van der Waals surface area contributed by atoms with Crippen LogP contribution in [-0.2, 0) is 11.2 Å². The van der Waals surface area contributed by atoms with E-state index < -0.39 is 5.91 Å². The Morgan fingerprint density at radius 2 is 2.12 bits per heavy atom. The Balaban J connectivity index is 1.82. The minimum absolute atomic E-state index is 0.0505. The summed E-state index contributed by atoms with van der Waals surface area (Å²) in [6.45, 7) is 4.20. The van der Waals surface area contributed by atoms with Crippen molar-refractivity contribution in [2.75, 3.05) is 0 Å². The van der Waals surface area contributed by atoms with Crippen LogP contribution >= 0.6 is 11.8 Å². The number of hydrogen-bond donors (Lipinski definition) is 1. The number of aliphatic imine (C=N–C) groups is 1. The van der Waals surface area contributed by atoms with Gasteiger partial charge in [0.2, 0.25) is 0 Å². The first-order valence-corrected chi connectivity index (χ1v) is 9.17. The fraction of sp³-hybridized carbons (Fsp3) is 0.158. The van der Waals surface area contributed by atoms with Crippen LogP contribution in [0.2, 0.25) is 0 Å². The van der Waals surface area contributed by atoms with Crippen LogP contribution in [0.5, 0.6) is 0 Å². The standard InChI is InChI=1S/C19H17N5OS/c1-3-13-7-4-6-12(2)16(13)23-9-5-8-14(23)10-15-17(20)24-19(22-18(15)25)26-11-21-24/h4-11,20H,3H2,1-2H3/b15-10-,20-17?. The number of fused-ring (bicyclic) bond motifs is 1. The lowest BCUT2D eigenvalue weighted by atomic mass is 10.1. The van der Waals surface area contributed by atoms with Gasteiger partial charge < -0.3 is 4.57 Å². The number of benzene rings is 1. The average Bonchev–Trinajstić information content (AvgIpc) is 3.27. The molecule has 0 spiro atoms. The first kappa shape index (κ1) is 16.5. The van der Waals surface area contributed by atoms with E-state index in [2.05, 4.69) is 46.7 Å². The van der Waals surface area contributed by atoms with E-state index in [1.807, 2.05) is 18.3 Å². The van der Waals surface area contributed by atoms with Crippen LogP contribution in [0.1, 0.15) is 23.7 Å². The molecule has 26 heavy (non-hydrogen) atoms. The van der Waals surface area contributed by atoms with Crippen molar-refractivity contribution in [1.82, 2.24) is 9.58 Å². The molecule has 0 atom stereocenters. The summed E-state index contributed by atoms with van der Waals surface area (Å²) in [6, 6.07) is 10.1. The molecule has 7 heteroatoms. The minimum atomic E-state index is -0.410. The highest BCUT2D eigenvalue weighted by Crippen LogP contribution is 2.27. The summed E-state index contributed by atoms with van der Waals surface area (Å²) in [7, 11) is 0. The molecule has 1 aromatic carbocycles. The van der Waals surface area contributed by atoms with Crippen LogP contribution in [0.3, 0.4) is 0 Å². The first-order chi connectivity index (χ1) is 12.6. The largest absolute Gasteiger partial charge is 0.317 e. The van der Waals surface area contributed by atoms with E-state index in [1.54, 1.807) is 11.6 Å². The molecule has 0 radical (unpaired) electrons. The van der Waals surface area contributed by atoms with E-state index in [0.29, 0.717) is 5.17 Å². The molecule has 1 amide bonds. The van der Waals surface area contributed by atoms with Gasteiger partial charge in [0.15, 0.2) is 11.0 Å². The third-order valence-electron chi connectivity index (χ3n) is 4.41. The topological polar surface area (TPSA) is 73.8 Å². The monoisotopic (exact) mass is 363 g/mol. The molecule has 0 aliphatic carbocycles. The zero-order chi connectivity index (χ0) is 18.3. The Hall–Kier alpha value is -2.93. The van der Waals surface area contributed by atoms with Crippen LogP contribution in [-0.4, -0.2) is 32.0 Å². The Labute approximate surface area is 155 Å². The third kappa shape index (κ3) is 2.61. The van der Waals surface area contributed by atoms with Crippen LogP contribution in [0.25, 0.3) is 11.8 Å². The maximum absolute atomic E-state index is 12.4. The van der Waals surface area contributed by atoms with Gasteiger partial charge in [-0.2, -0.15) is 15.1 Å². The van der Waals surface area contributed by atoms with E-state index in [0.717, 1.165) is 23.4 Å². The zero-order valence-electron chi connectivity index (χ0n) is 14.4. The van der Waals surface area contributed by atoms with Crippen molar-refractivity contribution in [3.8, 4) is 5.69 Å². The van der Waals surface area contributed by atoms with Crippen LogP contribution in [0.4, 0.5) is 0 Å². The number of para-hydroxylation sites is 1. The number of amides is 1. The number of carbonyl (C=O) groups excluding carboxylic acids is 1. The molecule has 1 N–H and O–H groups in total. The number of nitrogens with zero attached hydrogens (tertiary/aromatic N) is 4. The van der Waals surface area contributed by atoms with E-state index in [9.17, 15) is 4.79 Å². The quantitative estimate of drug-likeness (QED) is 0.847. The molecule has 2 aromatic rings. The number of amidine groups is 2. The lowest BCUT2D eigenvalue weighted by molar-refractivity contribution is -0.114. The van der Waals surface area contributed by atoms with Crippen molar-refractivity contribution in [3.05, 3.63) is 58.9 Å². The summed E-state index contributed by atoms with van der Waals surface area (Å²) in [5, 5.41) is 14.2. The Morgan fingerprint density at radius 1 is 1.27 bits per heavy atom. The zero-order valence-corrected chi connectivity index (χ0v) is 15.2. The molecule has 0 saturated carbocycles. The van der Waals surface area contributed by atoms with Crippen LogP contribution in [0, 0.1) is 12.3 Å². The minimum Gasteiger partial charge on any atom is -0.317 e. The van der Waals surface area contributed by atoms with Gasteiger partial charge in [0.1, 0.15) is 0 Å². The van der Waals surface area contributed by atoms with Crippen molar-refractivity contribution in [2.24, 2.45) is 10.1 Å². The molecule has 0 fully saturated rings. The predicted octanol–water partition coefficient (Wildman–Crippen LogP) is 3.60.